The average molecular weight is 167 g/mol. The number of nitrogens with zero attached hydrogens (tertiary/aromatic N) is 1. The van der Waals surface area contributed by atoms with E-state index in [9.17, 15) is 5.11 Å². The van der Waals surface area contributed by atoms with Crippen molar-refractivity contribution in [2.75, 3.05) is 26.7 Å². The van der Waals surface area contributed by atoms with Crippen molar-refractivity contribution in [1.29, 1.82) is 0 Å². The Morgan fingerprint density at radius 2 is 2.42 bits per heavy atom. The fourth-order valence-electron chi connectivity index (χ4n) is 1.95. The summed E-state index contributed by atoms with van der Waals surface area (Å²) in [5.41, 5.74) is -0.0955. The number of hydrogen-bond acceptors (Lipinski definition) is 2. The topological polar surface area (TPSA) is 23.5 Å². The maximum atomic E-state index is 9.25. The quantitative estimate of drug-likeness (QED) is 0.577. The molecule has 12 heavy (non-hydrogen) atoms. The Labute approximate surface area is 74.6 Å². The molecule has 0 bridgehead atoms. The Morgan fingerprint density at radius 1 is 1.75 bits per heavy atom. The van der Waals surface area contributed by atoms with E-state index in [1.807, 2.05) is 0 Å². The predicted octanol–water partition coefficient (Wildman–Crippen LogP) is 0.570. The smallest absolute Gasteiger partial charge is 0.0508 e. The van der Waals surface area contributed by atoms with Crippen molar-refractivity contribution in [3.05, 3.63) is 0 Å². The van der Waals surface area contributed by atoms with Crippen molar-refractivity contribution < 1.29 is 5.11 Å². The van der Waals surface area contributed by atoms with Gasteiger partial charge in [-0.25, -0.2) is 0 Å². The van der Waals surface area contributed by atoms with Crippen LogP contribution in [0.5, 0.6) is 0 Å². The van der Waals surface area contributed by atoms with Crippen LogP contribution in [0, 0.1) is 23.7 Å². The van der Waals surface area contributed by atoms with Gasteiger partial charge in [0.25, 0.3) is 0 Å². The molecule has 1 fully saturated rings. The molecule has 0 unspecified atom stereocenters. The third-order valence-electron chi connectivity index (χ3n) is 2.83. The molecule has 1 rings (SSSR count). The normalized spacial score (nSPS) is 37.7. The second-order valence-electron chi connectivity index (χ2n) is 4.06. The molecule has 0 aromatic heterocycles. The van der Waals surface area contributed by atoms with Gasteiger partial charge in [0.05, 0.1) is 6.61 Å². The highest BCUT2D eigenvalue weighted by Crippen LogP contribution is 2.33. The van der Waals surface area contributed by atoms with Gasteiger partial charge < -0.3 is 10.0 Å². The predicted molar refractivity (Wildman–Crippen MR) is 49.6 cm³/mol. The fraction of sp³-hybridized carbons (Fsp3) is 0.800. The van der Waals surface area contributed by atoms with Gasteiger partial charge in [-0.2, -0.15) is 0 Å². The van der Waals surface area contributed by atoms with Gasteiger partial charge in [0.1, 0.15) is 0 Å². The van der Waals surface area contributed by atoms with Crippen LogP contribution in [0.3, 0.4) is 0 Å². The molecule has 1 heterocycles. The van der Waals surface area contributed by atoms with Gasteiger partial charge in [-0.05, 0) is 20.0 Å². The molecule has 0 amide bonds. The van der Waals surface area contributed by atoms with Crippen LogP contribution in [-0.4, -0.2) is 36.8 Å². The number of terminal acetylenes is 1. The van der Waals surface area contributed by atoms with Crippen LogP contribution in [0.4, 0.5) is 0 Å². The first-order valence-electron chi connectivity index (χ1n) is 4.38. The molecule has 0 radical (unpaired) electrons. The van der Waals surface area contributed by atoms with Gasteiger partial charge in [-0.3, -0.25) is 0 Å². The molecule has 1 aliphatic heterocycles. The monoisotopic (exact) mass is 167 g/mol. The Balaban J connectivity index is 2.72. The zero-order valence-electron chi connectivity index (χ0n) is 7.88. The Kier molecular flexibility index (Phi) is 2.76. The first-order valence-corrected chi connectivity index (χ1v) is 4.38. The van der Waals surface area contributed by atoms with Crippen LogP contribution in [0.25, 0.3) is 0 Å². The molecule has 2 nitrogen and oxygen atoms in total. The SMILES string of the molecule is C#C[C@H]1CCN(C)C[C@@]1(C)CO. The fourth-order valence-corrected chi connectivity index (χ4v) is 1.95. The summed E-state index contributed by atoms with van der Waals surface area (Å²) in [4.78, 5) is 2.23. The van der Waals surface area contributed by atoms with Gasteiger partial charge in [-0.1, -0.05) is 6.92 Å². The van der Waals surface area contributed by atoms with Crippen molar-refractivity contribution in [2.45, 2.75) is 13.3 Å². The summed E-state index contributed by atoms with van der Waals surface area (Å²) in [5.74, 6) is 3.01. The van der Waals surface area contributed by atoms with Crippen LogP contribution in [-0.2, 0) is 0 Å². The number of likely N-dealkylation sites (tertiary alicyclic amines) is 1. The average Bonchev–Trinajstić information content (AvgIpc) is 2.05. The van der Waals surface area contributed by atoms with E-state index in [1.54, 1.807) is 0 Å². The lowest BCUT2D eigenvalue weighted by molar-refractivity contribution is 0.0288. The van der Waals surface area contributed by atoms with Crippen molar-refractivity contribution >= 4 is 0 Å². The van der Waals surface area contributed by atoms with Gasteiger partial charge >= 0.3 is 0 Å². The van der Waals surface area contributed by atoms with E-state index in [0.29, 0.717) is 0 Å². The van der Waals surface area contributed by atoms with Crippen molar-refractivity contribution in [1.82, 2.24) is 4.90 Å². The third kappa shape index (κ3) is 1.63. The molecule has 0 aromatic rings. The minimum absolute atomic E-state index is 0.0955. The number of aliphatic hydroxyl groups is 1. The maximum absolute atomic E-state index is 9.25. The molecule has 68 valence electrons. The largest absolute Gasteiger partial charge is 0.396 e. The highest BCUT2D eigenvalue weighted by Gasteiger charge is 2.36. The molecule has 1 saturated heterocycles. The number of rotatable bonds is 1. The lowest BCUT2D eigenvalue weighted by atomic mass is 9.73. The minimum atomic E-state index is -0.0955. The van der Waals surface area contributed by atoms with Crippen molar-refractivity contribution in [2.24, 2.45) is 11.3 Å². The molecule has 0 aliphatic carbocycles. The van der Waals surface area contributed by atoms with E-state index in [0.717, 1.165) is 19.5 Å². The summed E-state index contributed by atoms with van der Waals surface area (Å²) in [7, 11) is 2.07. The highest BCUT2D eigenvalue weighted by atomic mass is 16.3. The van der Waals surface area contributed by atoms with Crippen LogP contribution in [0.1, 0.15) is 13.3 Å². The number of aliphatic hydroxyl groups excluding tert-OH is 1. The molecule has 1 N–H and O–H groups in total. The van der Waals surface area contributed by atoms with E-state index >= 15 is 0 Å². The molecule has 0 spiro atoms. The van der Waals surface area contributed by atoms with Crippen LogP contribution in [0.2, 0.25) is 0 Å². The Bertz CT molecular complexity index is 197. The van der Waals surface area contributed by atoms with Crippen LogP contribution in [0.15, 0.2) is 0 Å². The standard InChI is InChI=1S/C10H17NO/c1-4-9-5-6-11(3)7-10(9,2)8-12/h1,9,12H,5-8H2,2-3H3/t9-,10-/m0/s1. The summed E-state index contributed by atoms with van der Waals surface area (Å²) >= 11 is 0. The van der Waals surface area contributed by atoms with Gasteiger partial charge in [0.15, 0.2) is 0 Å². The Morgan fingerprint density at radius 3 is 2.92 bits per heavy atom. The molecule has 0 saturated carbocycles. The zero-order chi connectivity index (χ0) is 9.19. The van der Waals surface area contributed by atoms with E-state index in [2.05, 4.69) is 24.8 Å². The zero-order valence-corrected chi connectivity index (χ0v) is 7.88. The van der Waals surface area contributed by atoms with E-state index < -0.39 is 0 Å². The van der Waals surface area contributed by atoms with Crippen molar-refractivity contribution in [3.63, 3.8) is 0 Å². The number of hydrogen-bond donors (Lipinski definition) is 1. The maximum Gasteiger partial charge on any atom is 0.0508 e. The highest BCUT2D eigenvalue weighted by molar-refractivity contribution is 5.04. The molecular formula is C10H17NO. The minimum Gasteiger partial charge on any atom is -0.396 e. The van der Waals surface area contributed by atoms with E-state index in [4.69, 9.17) is 6.42 Å². The lowest BCUT2D eigenvalue weighted by Crippen LogP contribution is -2.47. The molecular weight excluding hydrogens is 150 g/mol. The van der Waals surface area contributed by atoms with Gasteiger partial charge in [0.2, 0.25) is 0 Å². The summed E-state index contributed by atoms with van der Waals surface area (Å²) < 4.78 is 0. The van der Waals surface area contributed by atoms with Crippen LogP contribution >= 0.6 is 0 Å². The second kappa shape index (κ2) is 3.47. The summed E-state index contributed by atoms with van der Waals surface area (Å²) in [6, 6.07) is 0. The molecule has 2 atom stereocenters. The van der Waals surface area contributed by atoms with Gasteiger partial charge in [0, 0.05) is 17.9 Å². The second-order valence-corrected chi connectivity index (χ2v) is 4.06. The van der Waals surface area contributed by atoms with Crippen molar-refractivity contribution in [3.8, 4) is 12.3 Å². The third-order valence-corrected chi connectivity index (χ3v) is 2.83. The van der Waals surface area contributed by atoms with Gasteiger partial charge in [-0.15, -0.1) is 12.3 Å². The first-order chi connectivity index (χ1) is 5.62. The van der Waals surface area contributed by atoms with E-state index in [1.165, 1.54) is 0 Å². The Hall–Kier alpha value is -0.520. The van der Waals surface area contributed by atoms with E-state index in [-0.39, 0.29) is 17.9 Å². The molecule has 1 aliphatic rings. The first kappa shape index (κ1) is 9.57. The molecule has 2 heteroatoms. The summed E-state index contributed by atoms with van der Waals surface area (Å²) in [5, 5.41) is 9.25. The van der Waals surface area contributed by atoms with Crippen LogP contribution < -0.4 is 0 Å². The summed E-state index contributed by atoms with van der Waals surface area (Å²) in [6.45, 7) is 4.20. The summed E-state index contributed by atoms with van der Waals surface area (Å²) in [6.07, 6.45) is 6.42. The lowest BCUT2D eigenvalue weighted by Gasteiger charge is -2.41. The number of piperidine rings is 1. The molecule has 0 aromatic carbocycles.